The third-order valence-corrected chi connectivity index (χ3v) is 3.07. The molecule has 0 aliphatic heterocycles. The number of rotatable bonds is 6. The number of nitrogens with one attached hydrogen (secondary N) is 1. The molecule has 0 amide bonds. The third-order valence-electron chi connectivity index (χ3n) is 3.07. The Morgan fingerprint density at radius 2 is 1.88 bits per heavy atom. The highest BCUT2D eigenvalue weighted by Crippen LogP contribution is 2.22. The zero-order valence-corrected chi connectivity index (χ0v) is 11.0. The molecule has 92 valence electrons. The fourth-order valence-electron chi connectivity index (χ4n) is 2.02. The van der Waals surface area contributed by atoms with E-state index in [1.165, 1.54) is 5.56 Å². The number of nitriles is 1. The van der Waals surface area contributed by atoms with Crippen molar-refractivity contribution in [2.75, 3.05) is 0 Å². The summed E-state index contributed by atoms with van der Waals surface area (Å²) in [4.78, 5) is 0. The molecule has 2 unspecified atom stereocenters. The van der Waals surface area contributed by atoms with E-state index in [2.05, 4.69) is 56.4 Å². The summed E-state index contributed by atoms with van der Waals surface area (Å²) in [6.45, 7) is 6.55. The molecule has 0 aliphatic rings. The first-order valence-electron chi connectivity index (χ1n) is 6.37. The lowest BCUT2D eigenvalue weighted by molar-refractivity contribution is 0.354. The van der Waals surface area contributed by atoms with E-state index in [0.29, 0.717) is 18.4 Å². The third kappa shape index (κ3) is 4.20. The van der Waals surface area contributed by atoms with Crippen LogP contribution in [-0.4, -0.2) is 6.04 Å². The van der Waals surface area contributed by atoms with E-state index in [9.17, 15) is 0 Å². The van der Waals surface area contributed by atoms with Gasteiger partial charge in [-0.2, -0.15) is 5.26 Å². The maximum Gasteiger partial charge on any atom is 0.0638 e. The van der Waals surface area contributed by atoms with Crippen molar-refractivity contribution in [1.82, 2.24) is 5.32 Å². The second kappa shape index (κ2) is 7.09. The molecule has 17 heavy (non-hydrogen) atoms. The first-order valence-corrected chi connectivity index (χ1v) is 6.37. The molecule has 0 aliphatic carbocycles. The van der Waals surface area contributed by atoms with Crippen molar-refractivity contribution < 1.29 is 0 Å². The Balaban J connectivity index is 2.77. The van der Waals surface area contributed by atoms with Crippen LogP contribution in [0.1, 0.15) is 45.2 Å². The van der Waals surface area contributed by atoms with Crippen molar-refractivity contribution >= 4 is 0 Å². The number of benzene rings is 1. The van der Waals surface area contributed by atoms with E-state index >= 15 is 0 Å². The SMILES string of the molecule is CCC(CC#N)NC(c1ccccc1)C(C)C. The van der Waals surface area contributed by atoms with E-state index in [-0.39, 0.29) is 6.04 Å². The minimum Gasteiger partial charge on any atom is -0.306 e. The van der Waals surface area contributed by atoms with Crippen LogP contribution >= 0.6 is 0 Å². The van der Waals surface area contributed by atoms with Crippen molar-refractivity contribution in [3.05, 3.63) is 35.9 Å². The van der Waals surface area contributed by atoms with Crippen LogP contribution in [0.2, 0.25) is 0 Å². The van der Waals surface area contributed by atoms with Crippen LogP contribution < -0.4 is 5.32 Å². The molecule has 1 rings (SSSR count). The standard InChI is InChI=1S/C15H22N2/c1-4-14(10-11-16)17-15(12(2)3)13-8-6-5-7-9-13/h5-9,12,14-15,17H,4,10H2,1-3H3. The largest absolute Gasteiger partial charge is 0.306 e. The van der Waals surface area contributed by atoms with Crippen molar-refractivity contribution in [2.24, 2.45) is 5.92 Å². The summed E-state index contributed by atoms with van der Waals surface area (Å²) in [6, 6.07) is 13.3. The molecule has 0 bridgehead atoms. The van der Waals surface area contributed by atoms with Gasteiger partial charge in [0.05, 0.1) is 12.5 Å². The van der Waals surface area contributed by atoms with E-state index in [1.54, 1.807) is 0 Å². The van der Waals surface area contributed by atoms with Gasteiger partial charge in [-0.25, -0.2) is 0 Å². The predicted molar refractivity (Wildman–Crippen MR) is 71.5 cm³/mol. The minimum atomic E-state index is 0.285. The van der Waals surface area contributed by atoms with Crippen LogP contribution in [0, 0.1) is 17.2 Å². The molecule has 0 saturated carbocycles. The molecular formula is C15H22N2. The van der Waals surface area contributed by atoms with Crippen molar-refractivity contribution in [2.45, 2.75) is 45.7 Å². The van der Waals surface area contributed by atoms with Crippen molar-refractivity contribution in [1.29, 1.82) is 5.26 Å². The molecule has 0 fully saturated rings. The molecule has 1 N–H and O–H groups in total. The normalized spacial score (nSPS) is 14.3. The second-order valence-electron chi connectivity index (χ2n) is 4.77. The van der Waals surface area contributed by atoms with Crippen LogP contribution in [0.4, 0.5) is 0 Å². The molecule has 0 saturated heterocycles. The molecule has 2 heteroatoms. The maximum absolute atomic E-state index is 8.80. The Hall–Kier alpha value is -1.33. The van der Waals surface area contributed by atoms with Gasteiger partial charge in [-0.15, -0.1) is 0 Å². The van der Waals surface area contributed by atoms with Crippen LogP contribution in [0.25, 0.3) is 0 Å². The zero-order valence-electron chi connectivity index (χ0n) is 11.0. The van der Waals surface area contributed by atoms with Gasteiger partial charge in [-0.1, -0.05) is 51.1 Å². The maximum atomic E-state index is 8.80. The Morgan fingerprint density at radius 1 is 1.24 bits per heavy atom. The first kappa shape index (κ1) is 13.7. The van der Waals surface area contributed by atoms with Gasteiger partial charge >= 0.3 is 0 Å². The van der Waals surface area contributed by atoms with Gasteiger partial charge in [-0.3, -0.25) is 0 Å². The fourth-order valence-corrected chi connectivity index (χ4v) is 2.02. The number of hydrogen-bond donors (Lipinski definition) is 1. The van der Waals surface area contributed by atoms with Crippen LogP contribution in [-0.2, 0) is 0 Å². The average molecular weight is 230 g/mol. The summed E-state index contributed by atoms with van der Waals surface area (Å²) in [5.74, 6) is 0.519. The van der Waals surface area contributed by atoms with Gasteiger partial charge in [0.2, 0.25) is 0 Å². The molecule has 2 atom stereocenters. The molecule has 0 aromatic heterocycles. The molecule has 2 nitrogen and oxygen atoms in total. The molecule has 1 aromatic carbocycles. The highest BCUT2D eigenvalue weighted by molar-refractivity contribution is 5.19. The summed E-state index contributed by atoms with van der Waals surface area (Å²) >= 11 is 0. The zero-order chi connectivity index (χ0) is 12.7. The minimum absolute atomic E-state index is 0.285. The fraction of sp³-hybridized carbons (Fsp3) is 0.533. The summed E-state index contributed by atoms with van der Waals surface area (Å²) in [5.41, 5.74) is 1.30. The van der Waals surface area contributed by atoms with Crippen molar-refractivity contribution in [3.8, 4) is 6.07 Å². The van der Waals surface area contributed by atoms with Crippen LogP contribution in [0.15, 0.2) is 30.3 Å². The Labute approximate surface area is 105 Å². The summed E-state index contributed by atoms with van der Waals surface area (Å²) in [6.07, 6.45) is 1.57. The lowest BCUT2D eigenvalue weighted by Gasteiger charge is -2.27. The van der Waals surface area contributed by atoms with Gasteiger partial charge in [-0.05, 0) is 17.9 Å². The van der Waals surface area contributed by atoms with E-state index in [0.717, 1.165) is 6.42 Å². The summed E-state index contributed by atoms with van der Waals surface area (Å²) in [5, 5.41) is 12.4. The monoisotopic (exact) mass is 230 g/mol. The van der Waals surface area contributed by atoms with Gasteiger partial charge < -0.3 is 5.32 Å². The highest BCUT2D eigenvalue weighted by Gasteiger charge is 2.18. The quantitative estimate of drug-likeness (QED) is 0.809. The molecule has 0 heterocycles. The number of hydrogen-bond acceptors (Lipinski definition) is 2. The Kier molecular flexibility index (Phi) is 5.72. The van der Waals surface area contributed by atoms with E-state index in [4.69, 9.17) is 5.26 Å². The van der Waals surface area contributed by atoms with Gasteiger partial charge in [0, 0.05) is 12.1 Å². The molecule has 1 aromatic rings. The lowest BCUT2D eigenvalue weighted by Crippen LogP contribution is -2.34. The summed E-state index contributed by atoms with van der Waals surface area (Å²) in [7, 11) is 0. The topological polar surface area (TPSA) is 35.8 Å². The summed E-state index contributed by atoms with van der Waals surface area (Å²) < 4.78 is 0. The van der Waals surface area contributed by atoms with Gasteiger partial charge in [0.15, 0.2) is 0 Å². The van der Waals surface area contributed by atoms with E-state index < -0.39 is 0 Å². The van der Waals surface area contributed by atoms with Crippen molar-refractivity contribution in [3.63, 3.8) is 0 Å². The second-order valence-corrected chi connectivity index (χ2v) is 4.77. The Bertz CT molecular complexity index is 351. The molecule has 0 spiro atoms. The number of nitrogens with zero attached hydrogens (tertiary/aromatic N) is 1. The molecular weight excluding hydrogens is 208 g/mol. The smallest absolute Gasteiger partial charge is 0.0638 e. The van der Waals surface area contributed by atoms with Crippen LogP contribution in [0.5, 0.6) is 0 Å². The highest BCUT2D eigenvalue weighted by atomic mass is 15.0. The van der Waals surface area contributed by atoms with Gasteiger partial charge in [0.25, 0.3) is 0 Å². The van der Waals surface area contributed by atoms with E-state index in [1.807, 2.05) is 6.07 Å². The first-order chi connectivity index (χ1) is 8.19. The van der Waals surface area contributed by atoms with Crippen LogP contribution in [0.3, 0.4) is 0 Å². The van der Waals surface area contributed by atoms with Gasteiger partial charge in [0.1, 0.15) is 0 Å². The Morgan fingerprint density at radius 3 is 2.35 bits per heavy atom. The average Bonchev–Trinajstić information content (AvgIpc) is 2.35. The molecule has 0 radical (unpaired) electrons. The lowest BCUT2D eigenvalue weighted by atomic mass is 9.94. The predicted octanol–water partition coefficient (Wildman–Crippen LogP) is 3.67.